The van der Waals surface area contributed by atoms with Gasteiger partial charge in [-0.05, 0) is 56.4 Å². The highest BCUT2D eigenvalue weighted by Crippen LogP contribution is 2.25. The van der Waals surface area contributed by atoms with E-state index in [1.54, 1.807) is 7.11 Å². The topological polar surface area (TPSA) is 47.6 Å². The highest BCUT2D eigenvalue weighted by atomic mass is 16.5. The molecule has 0 bridgehead atoms. The number of aryl methyl sites for hydroxylation is 1. The van der Waals surface area contributed by atoms with E-state index in [0.29, 0.717) is 12.3 Å². The van der Waals surface area contributed by atoms with Crippen LogP contribution in [-0.4, -0.2) is 25.2 Å². The number of benzene rings is 1. The fourth-order valence-corrected chi connectivity index (χ4v) is 2.53. The van der Waals surface area contributed by atoms with Gasteiger partial charge in [0.05, 0.1) is 6.61 Å². The first kappa shape index (κ1) is 19.5. The van der Waals surface area contributed by atoms with Crippen LogP contribution in [0.25, 0.3) is 0 Å². The van der Waals surface area contributed by atoms with Crippen molar-refractivity contribution >= 4 is 11.6 Å². The van der Waals surface area contributed by atoms with E-state index in [0.717, 1.165) is 36.4 Å². The van der Waals surface area contributed by atoms with Gasteiger partial charge in [-0.3, -0.25) is 4.79 Å². The Morgan fingerprint density at radius 1 is 1.35 bits per heavy atom. The van der Waals surface area contributed by atoms with E-state index < -0.39 is 5.60 Å². The number of hydrogen-bond acceptors (Lipinski definition) is 3. The summed E-state index contributed by atoms with van der Waals surface area (Å²) in [4.78, 5) is 12.5. The Morgan fingerprint density at radius 2 is 2.04 bits per heavy atom. The summed E-state index contributed by atoms with van der Waals surface area (Å²) in [7, 11) is 1.58. The van der Waals surface area contributed by atoms with Crippen molar-refractivity contribution < 1.29 is 14.3 Å². The Kier molecular flexibility index (Phi) is 7.56. The van der Waals surface area contributed by atoms with Crippen molar-refractivity contribution in [3.63, 3.8) is 0 Å². The maximum atomic E-state index is 12.5. The molecule has 1 rings (SSSR count). The highest BCUT2D eigenvalue weighted by molar-refractivity contribution is 5.97. The number of carbonyl (C=O) groups excluding carboxylic acids is 1. The van der Waals surface area contributed by atoms with Gasteiger partial charge in [-0.1, -0.05) is 27.2 Å². The molecule has 1 unspecified atom stereocenters. The number of anilines is 1. The van der Waals surface area contributed by atoms with E-state index in [-0.39, 0.29) is 5.91 Å². The maximum Gasteiger partial charge on any atom is 0.256 e. The number of hydrogen-bond donors (Lipinski definition) is 1. The fourth-order valence-electron chi connectivity index (χ4n) is 2.53. The Labute approximate surface area is 140 Å². The first-order valence-electron chi connectivity index (χ1n) is 8.42. The zero-order valence-electron chi connectivity index (χ0n) is 15.4. The van der Waals surface area contributed by atoms with Crippen molar-refractivity contribution in [2.75, 3.05) is 19.0 Å². The van der Waals surface area contributed by atoms with E-state index in [1.165, 1.54) is 0 Å². The first-order valence-corrected chi connectivity index (χ1v) is 8.42. The lowest BCUT2D eigenvalue weighted by Gasteiger charge is -2.28. The van der Waals surface area contributed by atoms with Crippen LogP contribution in [0.1, 0.15) is 52.5 Å². The first-order chi connectivity index (χ1) is 10.8. The second-order valence-electron chi connectivity index (χ2n) is 6.67. The smallest absolute Gasteiger partial charge is 0.256 e. The molecular formula is C19H31NO3. The molecule has 1 aromatic rings. The molecule has 1 atom stereocenters. The number of amides is 1. The number of carbonyl (C=O) groups is 1. The van der Waals surface area contributed by atoms with Gasteiger partial charge in [-0.15, -0.1) is 0 Å². The van der Waals surface area contributed by atoms with Gasteiger partial charge in [0, 0.05) is 12.8 Å². The molecule has 4 heteroatoms. The molecule has 0 saturated heterocycles. The Hall–Kier alpha value is -1.55. The molecule has 130 valence electrons. The van der Waals surface area contributed by atoms with Gasteiger partial charge in [0.15, 0.2) is 0 Å². The number of unbranched alkanes of at least 4 members (excludes halogenated alkanes) is 1. The second-order valence-corrected chi connectivity index (χ2v) is 6.67. The van der Waals surface area contributed by atoms with Crippen LogP contribution in [0.5, 0.6) is 5.75 Å². The van der Waals surface area contributed by atoms with E-state index in [2.05, 4.69) is 26.1 Å². The van der Waals surface area contributed by atoms with E-state index in [9.17, 15) is 4.79 Å². The van der Waals surface area contributed by atoms with Crippen LogP contribution in [-0.2, 0) is 9.53 Å². The number of ether oxygens (including phenoxy) is 2. The summed E-state index contributed by atoms with van der Waals surface area (Å²) < 4.78 is 11.2. The number of methoxy groups -OCH3 is 1. The van der Waals surface area contributed by atoms with Gasteiger partial charge in [0.1, 0.15) is 11.4 Å². The molecule has 0 heterocycles. The van der Waals surface area contributed by atoms with Crippen LogP contribution in [0.2, 0.25) is 0 Å². The quantitative estimate of drug-likeness (QED) is 0.678. The molecule has 0 aliphatic rings. The van der Waals surface area contributed by atoms with Crippen LogP contribution in [0.4, 0.5) is 5.69 Å². The molecular weight excluding hydrogens is 290 g/mol. The molecule has 4 nitrogen and oxygen atoms in total. The lowest BCUT2D eigenvalue weighted by atomic mass is 9.93. The van der Waals surface area contributed by atoms with Crippen LogP contribution in [0, 0.1) is 12.8 Å². The van der Waals surface area contributed by atoms with Crippen molar-refractivity contribution in [1.29, 1.82) is 0 Å². The third-order valence-corrected chi connectivity index (χ3v) is 3.92. The molecule has 0 saturated carbocycles. The summed E-state index contributed by atoms with van der Waals surface area (Å²) in [5, 5.41) is 2.95. The van der Waals surface area contributed by atoms with Crippen LogP contribution >= 0.6 is 0 Å². The van der Waals surface area contributed by atoms with Gasteiger partial charge in [0.25, 0.3) is 5.91 Å². The summed E-state index contributed by atoms with van der Waals surface area (Å²) in [6.45, 7) is 10.8. The monoisotopic (exact) mass is 321 g/mol. The largest absolute Gasteiger partial charge is 0.493 e. The summed E-state index contributed by atoms with van der Waals surface area (Å²) in [5.41, 5.74) is 0.961. The van der Waals surface area contributed by atoms with E-state index in [1.807, 2.05) is 32.0 Å². The summed E-state index contributed by atoms with van der Waals surface area (Å²) >= 11 is 0. The lowest BCUT2D eigenvalue weighted by molar-refractivity contribution is -0.137. The van der Waals surface area contributed by atoms with E-state index >= 15 is 0 Å². The second kappa shape index (κ2) is 8.92. The average Bonchev–Trinajstić information content (AvgIpc) is 2.48. The summed E-state index contributed by atoms with van der Waals surface area (Å²) in [5.74, 6) is 1.13. The Bertz CT molecular complexity index is 513. The molecule has 0 aliphatic heterocycles. The number of nitrogens with one attached hydrogen (secondary N) is 1. The van der Waals surface area contributed by atoms with Gasteiger partial charge >= 0.3 is 0 Å². The lowest BCUT2D eigenvalue weighted by Crippen LogP contribution is -2.43. The minimum atomic E-state index is -0.821. The molecule has 0 aromatic heterocycles. The van der Waals surface area contributed by atoms with Crippen LogP contribution in [0.15, 0.2) is 18.2 Å². The Balaban J connectivity index is 2.76. The molecule has 1 N–H and O–H groups in total. The van der Waals surface area contributed by atoms with Gasteiger partial charge in [-0.2, -0.15) is 0 Å². The molecule has 1 aromatic carbocycles. The zero-order valence-corrected chi connectivity index (χ0v) is 15.4. The van der Waals surface area contributed by atoms with Gasteiger partial charge < -0.3 is 14.8 Å². The minimum absolute atomic E-state index is 0.118. The summed E-state index contributed by atoms with van der Waals surface area (Å²) in [6.07, 6.45) is 2.82. The molecule has 0 radical (unpaired) electrons. The zero-order chi connectivity index (χ0) is 17.5. The van der Waals surface area contributed by atoms with Crippen molar-refractivity contribution in [1.82, 2.24) is 0 Å². The van der Waals surface area contributed by atoms with Crippen molar-refractivity contribution in [3.05, 3.63) is 23.8 Å². The molecule has 0 spiro atoms. The molecule has 0 fully saturated rings. The number of rotatable bonds is 9. The predicted molar refractivity (Wildman–Crippen MR) is 95.1 cm³/mol. The van der Waals surface area contributed by atoms with Crippen LogP contribution in [0.3, 0.4) is 0 Å². The average molecular weight is 321 g/mol. The normalized spacial score (nSPS) is 13.7. The Morgan fingerprint density at radius 3 is 2.57 bits per heavy atom. The van der Waals surface area contributed by atoms with Crippen molar-refractivity contribution in [2.24, 2.45) is 5.92 Å². The summed E-state index contributed by atoms with van der Waals surface area (Å²) in [6, 6.07) is 5.72. The maximum absolute atomic E-state index is 12.5. The highest BCUT2D eigenvalue weighted by Gasteiger charge is 2.33. The molecule has 1 amide bonds. The SMILES string of the molecule is CCCCOc1ccc(NC(=O)C(C)(CC(C)C)OC)cc1C. The van der Waals surface area contributed by atoms with Crippen molar-refractivity contribution in [3.8, 4) is 5.75 Å². The standard InChI is InChI=1S/C19H31NO3/c1-7-8-11-23-17-10-9-16(12-15(17)4)20-18(21)19(5,22-6)13-14(2)3/h9-10,12,14H,7-8,11,13H2,1-6H3,(H,20,21). The van der Waals surface area contributed by atoms with Gasteiger partial charge in [-0.25, -0.2) is 0 Å². The predicted octanol–water partition coefficient (Wildman–Crippen LogP) is 4.56. The fraction of sp³-hybridized carbons (Fsp3) is 0.632. The van der Waals surface area contributed by atoms with Crippen LogP contribution < -0.4 is 10.1 Å². The molecule has 23 heavy (non-hydrogen) atoms. The van der Waals surface area contributed by atoms with E-state index in [4.69, 9.17) is 9.47 Å². The minimum Gasteiger partial charge on any atom is -0.493 e. The van der Waals surface area contributed by atoms with Crippen molar-refractivity contribution in [2.45, 2.75) is 59.5 Å². The van der Waals surface area contributed by atoms with Gasteiger partial charge in [0.2, 0.25) is 0 Å². The third kappa shape index (κ3) is 5.87. The molecule has 0 aliphatic carbocycles. The third-order valence-electron chi connectivity index (χ3n) is 3.92.